The highest BCUT2D eigenvalue weighted by atomic mass is 16.5. The number of benzene rings is 1. The van der Waals surface area contributed by atoms with Gasteiger partial charge in [0.15, 0.2) is 0 Å². The standard InChI is InChI=1S/C17H27NO2/c1-14-6-7-15(2)16(11-14)12-18-8-4-9-19-13-17-5-3-10-20-17/h6-7,11,17-18H,3-5,8-10,12-13H2,1-2H3. The van der Waals surface area contributed by atoms with E-state index >= 15 is 0 Å². The van der Waals surface area contributed by atoms with Crippen LogP contribution in [0.5, 0.6) is 0 Å². The average Bonchev–Trinajstić information content (AvgIpc) is 2.94. The van der Waals surface area contributed by atoms with E-state index in [2.05, 4.69) is 37.4 Å². The highest BCUT2D eigenvalue weighted by Crippen LogP contribution is 2.12. The monoisotopic (exact) mass is 277 g/mol. The minimum atomic E-state index is 0.345. The highest BCUT2D eigenvalue weighted by molar-refractivity contribution is 5.30. The summed E-state index contributed by atoms with van der Waals surface area (Å²) in [5.41, 5.74) is 4.08. The molecule has 0 amide bonds. The summed E-state index contributed by atoms with van der Waals surface area (Å²) in [6, 6.07) is 6.62. The highest BCUT2D eigenvalue weighted by Gasteiger charge is 2.14. The molecule has 0 saturated carbocycles. The molecule has 1 aliphatic heterocycles. The van der Waals surface area contributed by atoms with Gasteiger partial charge in [-0.05, 0) is 50.8 Å². The summed E-state index contributed by atoms with van der Waals surface area (Å²) in [6.45, 7) is 8.74. The number of ether oxygens (including phenoxy) is 2. The smallest absolute Gasteiger partial charge is 0.0809 e. The summed E-state index contributed by atoms with van der Waals surface area (Å²) in [6.07, 6.45) is 3.74. The molecule has 1 N–H and O–H groups in total. The van der Waals surface area contributed by atoms with Crippen molar-refractivity contribution >= 4 is 0 Å². The Labute approximate surface area is 122 Å². The molecule has 20 heavy (non-hydrogen) atoms. The molecule has 1 unspecified atom stereocenters. The molecule has 1 atom stereocenters. The van der Waals surface area contributed by atoms with Gasteiger partial charge in [0.2, 0.25) is 0 Å². The van der Waals surface area contributed by atoms with E-state index in [0.717, 1.165) is 45.8 Å². The molecular weight excluding hydrogens is 250 g/mol. The molecule has 1 aromatic carbocycles. The van der Waals surface area contributed by atoms with Gasteiger partial charge in [0.05, 0.1) is 12.7 Å². The summed E-state index contributed by atoms with van der Waals surface area (Å²) in [4.78, 5) is 0. The van der Waals surface area contributed by atoms with Crippen molar-refractivity contribution in [1.82, 2.24) is 5.32 Å². The molecule has 3 heteroatoms. The Balaban J connectivity index is 1.51. The predicted octanol–water partition coefficient (Wildman–Crippen LogP) is 2.98. The number of rotatable bonds is 8. The Morgan fingerprint density at radius 1 is 1.35 bits per heavy atom. The van der Waals surface area contributed by atoms with Crippen LogP contribution in [0, 0.1) is 13.8 Å². The molecule has 1 fully saturated rings. The van der Waals surface area contributed by atoms with Crippen molar-refractivity contribution in [3.63, 3.8) is 0 Å². The summed E-state index contributed by atoms with van der Waals surface area (Å²) in [7, 11) is 0. The maximum absolute atomic E-state index is 5.65. The fourth-order valence-electron chi connectivity index (χ4n) is 2.50. The fraction of sp³-hybridized carbons (Fsp3) is 0.647. The molecule has 0 aliphatic carbocycles. The van der Waals surface area contributed by atoms with Crippen LogP contribution in [-0.4, -0.2) is 32.5 Å². The number of nitrogens with one attached hydrogen (secondary N) is 1. The fourth-order valence-corrected chi connectivity index (χ4v) is 2.50. The Hall–Kier alpha value is -0.900. The first-order chi connectivity index (χ1) is 9.75. The van der Waals surface area contributed by atoms with Crippen LogP contribution >= 0.6 is 0 Å². The summed E-state index contributed by atoms with van der Waals surface area (Å²) in [5, 5.41) is 3.49. The first-order valence-corrected chi connectivity index (χ1v) is 7.72. The van der Waals surface area contributed by atoms with Crippen molar-refractivity contribution in [2.75, 3.05) is 26.4 Å². The Morgan fingerprint density at radius 2 is 2.25 bits per heavy atom. The molecule has 0 radical (unpaired) electrons. The molecule has 2 rings (SSSR count). The van der Waals surface area contributed by atoms with E-state index in [0.29, 0.717) is 6.10 Å². The minimum absolute atomic E-state index is 0.345. The minimum Gasteiger partial charge on any atom is -0.379 e. The Morgan fingerprint density at radius 3 is 3.05 bits per heavy atom. The van der Waals surface area contributed by atoms with Crippen LogP contribution in [0.25, 0.3) is 0 Å². The van der Waals surface area contributed by atoms with E-state index in [1.165, 1.54) is 23.1 Å². The molecule has 1 aromatic rings. The lowest BCUT2D eigenvalue weighted by atomic mass is 10.1. The van der Waals surface area contributed by atoms with Crippen molar-refractivity contribution in [3.8, 4) is 0 Å². The molecular formula is C17H27NO2. The molecule has 1 aliphatic rings. The van der Waals surface area contributed by atoms with Gasteiger partial charge >= 0.3 is 0 Å². The van der Waals surface area contributed by atoms with Crippen LogP contribution in [0.15, 0.2) is 18.2 Å². The summed E-state index contributed by atoms with van der Waals surface area (Å²) >= 11 is 0. The first-order valence-electron chi connectivity index (χ1n) is 7.72. The van der Waals surface area contributed by atoms with Crippen LogP contribution in [-0.2, 0) is 16.0 Å². The van der Waals surface area contributed by atoms with E-state index in [-0.39, 0.29) is 0 Å². The maximum atomic E-state index is 5.65. The average molecular weight is 277 g/mol. The third-order valence-electron chi connectivity index (χ3n) is 3.79. The van der Waals surface area contributed by atoms with Crippen LogP contribution < -0.4 is 5.32 Å². The van der Waals surface area contributed by atoms with Gasteiger partial charge in [-0.3, -0.25) is 0 Å². The zero-order valence-electron chi connectivity index (χ0n) is 12.8. The SMILES string of the molecule is Cc1ccc(C)c(CNCCCOCC2CCCO2)c1. The zero-order valence-corrected chi connectivity index (χ0v) is 12.8. The Bertz CT molecular complexity index is 400. The lowest BCUT2D eigenvalue weighted by molar-refractivity contribution is 0.0166. The second-order valence-corrected chi connectivity index (χ2v) is 5.67. The van der Waals surface area contributed by atoms with Gasteiger partial charge in [-0.15, -0.1) is 0 Å². The number of aryl methyl sites for hydroxylation is 2. The summed E-state index contributed by atoms with van der Waals surface area (Å²) < 4.78 is 11.2. The molecule has 1 heterocycles. The van der Waals surface area contributed by atoms with E-state index in [1.54, 1.807) is 0 Å². The van der Waals surface area contributed by atoms with Gasteiger partial charge in [0.1, 0.15) is 0 Å². The molecule has 0 spiro atoms. The van der Waals surface area contributed by atoms with Crippen molar-refractivity contribution < 1.29 is 9.47 Å². The van der Waals surface area contributed by atoms with Crippen molar-refractivity contribution in [1.29, 1.82) is 0 Å². The molecule has 112 valence electrons. The first kappa shape index (κ1) is 15.5. The van der Waals surface area contributed by atoms with E-state index in [1.807, 2.05) is 0 Å². The third-order valence-corrected chi connectivity index (χ3v) is 3.79. The largest absolute Gasteiger partial charge is 0.379 e. The molecule has 3 nitrogen and oxygen atoms in total. The second kappa shape index (κ2) is 8.40. The van der Waals surface area contributed by atoms with Gasteiger partial charge in [0, 0.05) is 19.8 Å². The second-order valence-electron chi connectivity index (χ2n) is 5.67. The molecule has 0 aromatic heterocycles. The predicted molar refractivity (Wildman–Crippen MR) is 82.0 cm³/mol. The van der Waals surface area contributed by atoms with Gasteiger partial charge in [0.25, 0.3) is 0 Å². The van der Waals surface area contributed by atoms with E-state index < -0.39 is 0 Å². The van der Waals surface area contributed by atoms with Crippen LogP contribution in [0.1, 0.15) is 36.0 Å². The summed E-state index contributed by atoms with van der Waals surface area (Å²) in [5.74, 6) is 0. The van der Waals surface area contributed by atoms with Crippen LogP contribution in [0.3, 0.4) is 0 Å². The van der Waals surface area contributed by atoms with Gasteiger partial charge in [-0.1, -0.05) is 23.8 Å². The topological polar surface area (TPSA) is 30.5 Å². The number of hydrogen-bond donors (Lipinski definition) is 1. The maximum Gasteiger partial charge on any atom is 0.0809 e. The quantitative estimate of drug-likeness (QED) is 0.741. The molecule has 1 saturated heterocycles. The van der Waals surface area contributed by atoms with Gasteiger partial charge < -0.3 is 14.8 Å². The number of hydrogen-bond acceptors (Lipinski definition) is 3. The van der Waals surface area contributed by atoms with Crippen LogP contribution in [0.2, 0.25) is 0 Å². The lowest BCUT2D eigenvalue weighted by Gasteiger charge is -2.11. The lowest BCUT2D eigenvalue weighted by Crippen LogP contribution is -2.19. The van der Waals surface area contributed by atoms with Crippen molar-refractivity contribution in [2.45, 2.75) is 45.8 Å². The Kier molecular flexibility index (Phi) is 6.51. The third kappa shape index (κ3) is 5.23. The van der Waals surface area contributed by atoms with Gasteiger partial charge in [-0.2, -0.15) is 0 Å². The van der Waals surface area contributed by atoms with E-state index in [9.17, 15) is 0 Å². The van der Waals surface area contributed by atoms with E-state index in [4.69, 9.17) is 9.47 Å². The van der Waals surface area contributed by atoms with Crippen LogP contribution in [0.4, 0.5) is 0 Å². The molecule has 0 bridgehead atoms. The zero-order chi connectivity index (χ0) is 14.2. The van der Waals surface area contributed by atoms with Crippen molar-refractivity contribution in [3.05, 3.63) is 34.9 Å². The normalized spacial score (nSPS) is 18.6. The van der Waals surface area contributed by atoms with Crippen molar-refractivity contribution in [2.24, 2.45) is 0 Å². The van der Waals surface area contributed by atoms with Gasteiger partial charge in [-0.25, -0.2) is 0 Å².